The molecule has 0 aromatic carbocycles. The maximum Gasteiger partial charge on any atom is 0.237 e. The summed E-state index contributed by atoms with van der Waals surface area (Å²) in [5.41, 5.74) is 0. The molecule has 3 aliphatic rings. The van der Waals surface area contributed by atoms with Gasteiger partial charge in [-0.05, 0) is 45.1 Å². The topological polar surface area (TPSA) is 43.8 Å². The molecular formula is C16H28N2O2. The minimum absolute atomic E-state index is 0.195. The number of carbonyl (C=O) groups excluding carboxylic acids is 1. The van der Waals surface area contributed by atoms with Crippen LogP contribution in [0.2, 0.25) is 0 Å². The lowest BCUT2D eigenvalue weighted by molar-refractivity contribution is -0.136. The summed E-state index contributed by atoms with van der Waals surface area (Å²) in [6.45, 7) is 1.69. The maximum atomic E-state index is 12.7. The molecule has 1 atom stereocenters. The molecule has 1 aliphatic heterocycles. The number of nitrogens with zero attached hydrogens (tertiary/aromatic N) is 2. The first-order chi connectivity index (χ1) is 9.79. The predicted molar refractivity (Wildman–Crippen MR) is 78.4 cm³/mol. The molecule has 0 unspecified atom stereocenters. The van der Waals surface area contributed by atoms with Crippen molar-refractivity contribution in [2.24, 2.45) is 0 Å². The first-order valence-electron chi connectivity index (χ1n) is 8.45. The number of rotatable bonds is 5. The minimum Gasteiger partial charge on any atom is -0.395 e. The van der Waals surface area contributed by atoms with Crippen LogP contribution in [0, 0.1) is 0 Å². The van der Waals surface area contributed by atoms with E-state index in [4.69, 9.17) is 0 Å². The quantitative estimate of drug-likeness (QED) is 0.834. The lowest BCUT2D eigenvalue weighted by Gasteiger charge is -2.37. The summed E-state index contributed by atoms with van der Waals surface area (Å²) >= 11 is 0. The molecule has 1 amide bonds. The van der Waals surface area contributed by atoms with Gasteiger partial charge in [0.2, 0.25) is 5.91 Å². The smallest absolute Gasteiger partial charge is 0.237 e. The van der Waals surface area contributed by atoms with Crippen LogP contribution in [0.15, 0.2) is 0 Å². The molecule has 114 valence electrons. The molecule has 4 heteroatoms. The monoisotopic (exact) mass is 280 g/mol. The van der Waals surface area contributed by atoms with E-state index in [-0.39, 0.29) is 12.6 Å². The van der Waals surface area contributed by atoms with E-state index in [1.807, 2.05) is 0 Å². The molecule has 0 spiro atoms. The Morgan fingerprint density at radius 1 is 1.00 bits per heavy atom. The second kappa shape index (κ2) is 6.44. The first kappa shape index (κ1) is 14.3. The van der Waals surface area contributed by atoms with Crippen LogP contribution in [0.3, 0.4) is 0 Å². The summed E-state index contributed by atoms with van der Waals surface area (Å²) in [4.78, 5) is 17.2. The van der Waals surface area contributed by atoms with Crippen molar-refractivity contribution in [2.45, 2.75) is 75.9 Å². The standard InChI is InChI=1S/C16H28N2O2/c19-12-15-7-3-4-10-17(15)11-16(20)18(14-8-9-14)13-5-1-2-6-13/h13-15,19H,1-12H2/t15-/m1/s1. The van der Waals surface area contributed by atoms with Gasteiger partial charge in [0, 0.05) is 18.1 Å². The summed E-state index contributed by atoms with van der Waals surface area (Å²) in [6.07, 6.45) is 10.8. The number of aliphatic hydroxyl groups excluding tert-OH is 1. The molecule has 2 aliphatic carbocycles. The lowest BCUT2D eigenvalue weighted by atomic mass is 10.0. The van der Waals surface area contributed by atoms with Crippen molar-refractivity contribution in [3.63, 3.8) is 0 Å². The van der Waals surface area contributed by atoms with Crippen molar-refractivity contribution in [1.29, 1.82) is 0 Å². The van der Waals surface area contributed by atoms with Crippen molar-refractivity contribution in [3.8, 4) is 0 Å². The molecule has 0 bridgehead atoms. The molecule has 1 N–H and O–H groups in total. The van der Waals surface area contributed by atoms with Crippen molar-refractivity contribution in [1.82, 2.24) is 9.80 Å². The van der Waals surface area contributed by atoms with E-state index in [2.05, 4.69) is 9.80 Å². The van der Waals surface area contributed by atoms with Crippen LogP contribution in [0.25, 0.3) is 0 Å². The zero-order valence-electron chi connectivity index (χ0n) is 12.5. The Labute approximate surface area is 122 Å². The Kier molecular flexibility index (Phi) is 4.61. The van der Waals surface area contributed by atoms with Crippen LogP contribution in [-0.4, -0.2) is 58.6 Å². The summed E-state index contributed by atoms with van der Waals surface area (Å²) in [5.74, 6) is 0.319. The summed E-state index contributed by atoms with van der Waals surface area (Å²) in [7, 11) is 0. The third-order valence-electron chi connectivity index (χ3n) is 5.24. The maximum absolute atomic E-state index is 12.7. The fraction of sp³-hybridized carbons (Fsp3) is 0.938. The van der Waals surface area contributed by atoms with Gasteiger partial charge >= 0.3 is 0 Å². The number of piperidine rings is 1. The van der Waals surface area contributed by atoms with E-state index in [0.29, 0.717) is 24.5 Å². The van der Waals surface area contributed by atoms with E-state index in [1.165, 1.54) is 44.9 Å². The number of likely N-dealkylation sites (tertiary alicyclic amines) is 1. The second-order valence-corrected chi connectivity index (χ2v) is 6.77. The molecule has 20 heavy (non-hydrogen) atoms. The van der Waals surface area contributed by atoms with Gasteiger partial charge in [0.05, 0.1) is 13.2 Å². The van der Waals surface area contributed by atoms with E-state index in [1.54, 1.807) is 0 Å². The molecule has 3 rings (SSSR count). The van der Waals surface area contributed by atoms with Crippen LogP contribution < -0.4 is 0 Å². The summed E-state index contributed by atoms with van der Waals surface area (Å²) < 4.78 is 0. The molecule has 0 radical (unpaired) electrons. The number of aliphatic hydroxyl groups is 1. The molecule has 1 saturated heterocycles. The number of carbonyl (C=O) groups is 1. The lowest BCUT2D eigenvalue weighted by Crippen LogP contribution is -2.50. The average molecular weight is 280 g/mol. The fourth-order valence-corrected chi connectivity index (χ4v) is 3.97. The Morgan fingerprint density at radius 2 is 1.65 bits per heavy atom. The van der Waals surface area contributed by atoms with E-state index < -0.39 is 0 Å². The fourth-order valence-electron chi connectivity index (χ4n) is 3.97. The first-order valence-corrected chi connectivity index (χ1v) is 8.45. The highest BCUT2D eigenvalue weighted by Crippen LogP contribution is 2.34. The highest BCUT2D eigenvalue weighted by Gasteiger charge is 2.39. The van der Waals surface area contributed by atoms with Gasteiger partial charge in [-0.25, -0.2) is 0 Å². The molecule has 3 fully saturated rings. The summed E-state index contributed by atoms with van der Waals surface area (Å²) in [5, 5.41) is 9.48. The van der Waals surface area contributed by atoms with Gasteiger partial charge in [-0.3, -0.25) is 9.69 Å². The van der Waals surface area contributed by atoms with Gasteiger partial charge in [0.15, 0.2) is 0 Å². The van der Waals surface area contributed by atoms with Crippen molar-refractivity contribution < 1.29 is 9.90 Å². The van der Waals surface area contributed by atoms with Crippen LogP contribution in [0.1, 0.15) is 57.8 Å². The zero-order valence-corrected chi connectivity index (χ0v) is 12.5. The van der Waals surface area contributed by atoms with Crippen molar-refractivity contribution in [3.05, 3.63) is 0 Å². The van der Waals surface area contributed by atoms with Crippen LogP contribution >= 0.6 is 0 Å². The molecule has 0 aromatic heterocycles. The van der Waals surface area contributed by atoms with E-state index in [9.17, 15) is 9.90 Å². The van der Waals surface area contributed by atoms with Gasteiger partial charge in [-0.15, -0.1) is 0 Å². The molecule has 2 saturated carbocycles. The van der Waals surface area contributed by atoms with Gasteiger partial charge in [0.25, 0.3) is 0 Å². The largest absolute Gasteiger partial charge is 0.395 e. The number of hydrogen-bond acceptors (Lipinski definition) is 3. The van der Waals surface area contributed by atoms with Crippen LogP contribution in [0.4, 0.5) is 0 Å². The van der Waals surface area contributed by atoms with Gasteiger partial charge in [-0.1, -0.05) is 19.3 Å². The SMILES string of the molecule is O=C(CN1CCCC[C@@H]1CO)N(C1CCCC1)C1CC1. The minimum atomic E-state index is 0.195. The normalized spacial score (nSPS) is 28.8. The Bertz CT molecular complexity index is 337. The van der Waals surface area contributed by atoms with Crippen molar-refractivity contribution in [2.75, 3.05) is 19.7 Å². The molecule has 0 aromatic rings. The highest BCUT2D eigenvalue weighted by molar-refractivity contribution is 5.79. The third kappa shape index (κ3) is 3.17. The molecular weight excluding hydrogens is 252 g/mol. The summed E-state index contributed by atoms with van der Waals surface area (Å²) in [6, 6.07) is 1.24. The highest BCUT2D eigenvalue weighted by atomic mass is 16.3. The number of amides is 1. The Hall–Kier alpha value is -0.610. The average Bonchev–Trinajstić information content (AvgIpc) is 3.14. The molecule has 1 heterocycles. The second-order valence-electron chi connectivity index (χ2n) is 6.77. The van der Waals surface area contributed by atoms with Gasteiger partial charge < -0.3 is 10.0 Å². The van der Waals surface area contributed by atoms with E-state index in [0.717, 1.165) is 19.4 Å². The Balaban J connectivity index is 1.60. The Morgan fingerprint density at radius 3 is 2.30 bits per heavy atom. The molecule has 4 nitrogen and oxygen atoms in total. The number of hydrogen-bond donors (Lipinski definition) is 1. The third-order valence-corrected chi connectivity index (χ3v) is 5.24. The van der Waals surface area contributed by atoms with Crippen LogP contribution in [0.5, 0.6) is 0 Å². The van der Waals surface area contributed by atoms with E-state index >= 15 is 0 Å². The van der Waals surface area contributed by atoms with Crippen LogP contribution in [-0.2, 0) is 4.79 Å². The van der Waals surface area contributed by atoms with Gasteiger partial charge in [-0.2, -0.15) is 0 Å². The van der Waals surface area contributed by atoms with Gasteiger partial charge in [0.1, 0.15) is 0 Å². The van der Waals surface area contributed by atoms with Crippen molar-refractivity contribution >= 4 is 5.91 Å². The zero-order chi connectivity index (χ0) is 13.9. The predicted octanol–water partition coefficient (Wildman–Crippen LogP) is 1.77.